The second kappa shape index (κ2) is 5.72. The van der Waals surface area contributed by atoms with E-state index in [9.17, 15) is 8.42 Å². The van der Waals surface area contributed by atoms with Gasteiger partial charge < -0.3 is 11.1 Å². The molecule has 0 aromatic carbocycles. The first-order valence-electron chi connectivity index (χ1n) is 6.53. The van der Waals surface area contributed by atoms with Gasteiger partial charge in [-0.25, -0.2) is 13.1 Å². The van der Waals surface area contributed by atoms with Crippen molar-refractivity contribution in [3.05, 3.63) is 24.5 Å². The number of pyridine rings is 1. The van der Waals surface area contributed by atoms with Crippen molar-refractivity contribution in [2.24, 2.45) is 5.92 Å². The van der Waals surface area contributed by atoms with Gasteiger partial charge in [-0.3, -0.25) is 4.98 Å². The molecule has 0 aliphatic rings. The molecule has 0 radical (unpaired) electrons. The lowest BCUT2D eigenvalue weighted by Gasteiger charge is -2.07. The second-order valence-electron chi connectivity index (χ2n) is 5.23. The topological polar surface area (TPSA) is 103 Å². The summed E-state index contributed by atoms with van der Waals surface area (Å²) in [5.74, 6) is 0.722. The van der Waals surface area contributed by atoms with Crippen LogP contribution in [0.15, 0.2) is 29.4 Å². The Balaban J connectivity index is 2.55. The highest BCUT2D eigenvalue weighted by Gasteiger charge is 2.24. The van der Waals surface area contributed by atoms with E-state index in [1.165, 1.54) is 4.68 Å². The third-order valence-corrected chi connectivity index (χ3v) is 3.98. The summed E-state index contributed by atoms with van der Waals surface area (Å²) in [4.78, 5) is 3.95. The van der Waals surface area contributed by atoms with Crippen molar-refractivity contribution in [2.75, 3.05) is 23.9 Å². The molecule has 7 nitrogen and oxygen atoms in total. The average molecular weight is 309 g/mol. The number of nitrogen functional groups attached to an aromatic ring is 1. The molecule has 0 aliphatic heterocycles. The molecule has 0 aliphatic carbocycles. The second-order valence-corrected chi connectivity index (χ2v) is 7.18. The number of anilines is 2. The van der Waals surface area contributed by atoms with Crippen molar-refractivity contribution in [3.63, 3.8) is 0 Å². The maximum Gasteiger partial charge on any atom is 0.182 e. The predicted octanol–water partition coefficient (Wildman–Crippen LogP) is 1.32. The highest BCUT2D eigenvalue weighted by molar-refractivity contribution is 7.91. The average Bonchev–Trinajstić information content (AvgIpc) is 2.74. The molecule has 0 spiro atoms. The van der Waals surface area contributed by atoms with Crippen LogP contribution < -0.4 is 11.1 Å². The zero-order chi connectivity index (χ0) is 15.6. The van der Waals surface area contributed by atoms with Crippen LogP contribution in [-0.2, 0) is 9.84 Å². The molecule has 3 N–H and O–H groups in total. The molecule has 114 valence electrons. The summed E-state index contributed by atoms with van der Waals surface area (Å²) in [7, 11) is -3.49. The van der Waals surface area contributed by atoms with Gasteiger partial charge in [0.2, 0.25) is 0 Å². The van der Waals surface area contributed by atoms with Crippen LogP contribution in [0.1, 0.15) is 13.8 Å². The minimum atomic E-state index is -3.49. The highest BCUT2D eigenvalue weighted by Crippen LogP contribution is 2.29. The van der Waals surface area contributed by atoms with Crippen molar-refractivity contribution in [3.8, 4) is 5.69 Å². The number of nitrogens with zero attached hydrogens (tertiary/aromatic N) is 3. The van der Waals surface area contributed by atoms with Gasteiger partial charge in [-0.2, -0.15) is 0 Å². The van der Waals surface area contributed by atoms with Crippen LogP contribution in [0.25, 0.3) is 5.69 Å². The molecule has 0 amide bonds. The molecule has 2 rings (SSSR count). The van der Waals surface area contributed by atoms with Gasteiger partial charge in [-0.05, 0) is 18.1 Å². The lowest BCUT2D eigenvalue weighted by Crippen LogP contribution is -2.11. The Morgan fingerprint density at radius 3 is 2.48 bits per heavy atom. The minimum absolute atomic E-state index is 0.0277. The van der Waals surface area contributed by atoms with E-state index in [0.717, 1.165) is 6.26 Å². The SMILES string of the molecule is CC(C)CNc1nn(-c2ccncc2)c(N)c1S(C)(=O)=O. The van der Waals surface area contributed by atoms with Gasteiger partial charge in [0.15, 0.2) is 20.6 Å². The Labute approximate surface area is 124 Å². The molecular formula is C13H19N5O2S. The largest absolute Gasteiger partial charge is 0.382 e. The predicted molar refractivity (Wildman–Crippen MR) is 82.2 cm³/mol. The first kappa shape index (κ1) is 15.3. The summed E-state index contributed by atoms with van der Waals surface area (Å²) in [6.07, 6.45) is 4.31. The minimum Gasteiger partial charge on any atom is -0.382 e. The van der Waals surface area contributed by atoms with E-state index in [4.69, 9.17) is 5.73 Å². The molecule has 0 atom stereocenters. The molecule has 21 heavy (non-hydrogen) atoms. The monoisotopic (exact) mass is 309 g/mol. The summed E-state index contributed by atoms with van der Waals surface area (Å²) in [6, 6.07) is 3.42. The van der Waals surface area contributed by atoms with Gasteiger partial charge >= 0.3 is 0 Å². The third-order valence-electron chi connectivity index (χ3n) is 2.83. The van der Waals surface area contributed by atoms with Crippen LogP contribution in [0.2, 0.25) is 0 Å². The summed E-state index contributed by atoms with van der Waals surface area (Å²) < 4.78 is 25.4. The third kappa shape index (κ3) is 3.33. The van der Waals surface area contributed by atoms with Crippen molar-refractivity contribution in [1.82, 2.24) is 14.8 Å². The molecular weight excluding hydrogens is 290 g/mol. The fraction of sp³-hybridized carbons (Fsp3) is 0.385. The lowest BCUT2D eigenvalue weighted by atomic mass is 10.2. The van der Waals surface area contributed by atoms with E-state index in [0.29, 0.717) is 18.2 Å². The molecule has 2 aromatic heterocycles. The highest BCUT2D eigenvalue weighted by atomic mass is 32.2. The van der Waals surface area contributed by atoms with Crippen molar-refractivity contribution < 1.29 is 8.42 Å². The summed E-state index contributed by atoms with van der Waals surface area (Å²) in [5, 5.41) is 7.34. The molecule has 0 unspecified atom stereocenters. The number of nitrogens with two attached hydrogens (primary N) is 1. The molecule has 0 saturated heterocycles. The van der Waals surface area contributed by atoms with Gasteiger partial charge in [-0.1, -0.05) is 13.8 Å². The van der Waals surface area contributed by atoms with E-state index in [1.807, 2.05) is 13.8 Å². The molecule has 0 bridgehead atoms. The van der Waals surface area contributed by atoms with Gasteiger partial charge in [0.1, 0.15) is 5.82 Å². The smallest absolute Gasteiger partial charge is 0.182 e. The van der Waals surface area contributed by atoms with Crippen LogP contribution in [0.3, 0.4) is 0 Å². The van der Waals surface area contributed by atoms with Crippen molar-refractivity contribution >= 4 is 21.5 Å². The summed E-state index contributed by atoms with van der Waals surface area (Å²) in [5.41, 5.74) is 6.65. The normalized spacial score (nSPS) is 11.8. The molecule has 8 heteroatoms. The first-order valence-corrected chi connectivity index (χ1v) is 8.42. The van der Waals surface area contributed by atoms with Crippen LogP contribution in [0.5, 0.6) is 0 Å². The van der Waals surface area contributed by atoms with Crippen LogP contribution in [-0.4, -0.2) is 36.0 Å². The van der Waals surface area contributed by atoms with Gasteiger partial charge in [0.05, 0.1) is 5.69 Å². The van der Waals surface area contributed by atoms with E-state index in [2.05, 4.69) is 15.4 Å². The van der Waals surface area contributed by atoms with Crippen LogP contribution in [0.4, 0.5) is 11.6 Å². The van der Waals surface area contributed by atoms with E-state index < -0.39 is 9.84 Å². The Hall–Kier alpha value is -2.09. The summed E-state index contributed by atoms with van der Waals surface area (Å²) >= 11 is 0. The number of rotatable bonds is 5. The lowest BCUT2D eigenvalue weighted by molar-refractivity contribution is 0.602. The zero-order valence-electron chi connectivity index (χ0n) is 12.2. The van der Waals surface area contributed by atoms with Gasteiger partial charge in [0, 0.05) is 25.2 Å². The fourth-order valence-corrected chi connectivity index (χ4v) is 2.81. The standard InChI is InChI=1S/C13H19N5O2S/c1-9(2)8-16-13-11(21(3,19)20)12(14)18(17-13)10-4-6-15-7-5-10/h4-7,9H,8,14H2,1-3H3,(H,16,17). The Kier molecular flexibility index (Phi) is 4.17. The Morgan fingerprint density at radius 1 is 1.33 bits per heavy atom. The van der Waals surface area contributed by atoms with Crippen molar-refractivity contribution in [2.45, 2.75) is 18.7 Å². The van der Waals surface area contributed by atoms with Crippen molar-refractivity contribution in [1.29, 1.82) is 0 Å². The van der Waals surface area contributed by atoms with Gasteiger partial charge in [-0.15, -0.1) is 5.10 Å². The molecule has 2 heterocycles. The first-order chi connectivity index (χ1) is 9.80. The summed E-state index contributed by atoms with van der Waals surface area (Å²) in [6.45, 7) is 4.65. The quantitative estimate of drug-likeness (QED) is 0.863. The number of aromatic nitrogens is 3. The fourth-order valence-electron chi connectivity index (χ4n) is 1.88. The molecule has 0 fully saturated rings. The number of hydrogen-bond acceptors (Lipinski definition) is 6. The van der Waals surface area contributed by atoms with Crippen LogP contribution >= 0.6 is 0 Å². The number of sulfone groups is 1. The molecule has 2 aromatic rings. The Bertz CT molecular complexity index is 723. The van der Waals surface area contributed by atoms with E-state index in [1.54, 1.807) is 24.5 Å². The molecule has 0 saturated carbocycles. The maximum absolute atomic E-state index is 12.0. The number of hydrogen-bond donors (Lipinski definition) is 2. The van der Waals surface area contributed by atoms with E-state index in [-0.39, 0.29) is 16.5 Å². The maximum atomic E-state index is 12.0. The van der Waals surface area contributed by atoms with Gasteiger partial charge in [0.25, 0.3) is 0 Å². The van der Waals surface area contributed by atoms with E-state index >= 15 is 0 Å². The zero-order valence-corrected chi connectivity index (χ0v) is 13.1. The Morgan fingerprint density at radius 2 is 1.95 bits per heavy atom. The number of nitrogens with one attached hydrogen (secondary N) is 1. The van der Waals surface area contributed by atoms with Crippen LogP contribution in [0, 0.1) is 5.92 Å².